The van der Waals surface area contributed by atoms with E-state index in [1.54, 1.807) is 0 Å². The summed E-state index contributed by atoms with van der Waals surface area (Å²) in [6, 6.07) is 5.30. The van der Waals surface area contributed by atoms with Gasteiger partial charge in [0.2, 0.25) is 5.91 Å². The topological polar surface area (TPSA) is 79.5 Å². The molecule has 3 N–H and O–H groups in total. The van der Waals surface area contributed by atoms with Crippen molar-refractivity contribution < 1.29 is 14.3 Å². The highest BCUT2D eigenvalue weighted by Crippen LogP contribution is 2.36. The van der Waals surface area contributed by atoms with Crippen LogP contribution >= 0.6 is 0 Å². The largest absolute Gasteiger partial charge is 0.457 e. The molecule has 1 heterocycles. The number of amides is 2. The number of para-hydroxylation sites is 1. The number of carbonyl (C=O) groups excluding carboxylic acids is 2. The Labute approximate surface area is 199 Å². The molecule has 1 aliphatic rings. The maximum absolute atomic E-state index is 12.9. The predicted molar refractivity (Wildman–Crippen MR) is 136 cm³/mol. The zero-order valence-electron chi connectivity index (χ0n) is 21.1. The second-order valence-corrected chi connectivity index (χ2v) is 7.89. The van der Waals surface area contributed by atoms with Crippen LogP contribution in [-0.4, -0.2) is 24.4 Å². The van der Waals surface area contributed by atoms with E-state index < -0.39 is 6.04 Å². The van der Waals surface area contributed by atoms with Gasteiger partial charge in [0.05, 0.1) is 18.2 Å². The Morgan fingerprint density at radius 2 is 1.88 bits per heavy atom. The average molecular weight is 456 g/mol. The van der Waals surface area contributed by atoms with Gasteiger partial charge in [-0.3, -0.25) is 9.59 Å². The van der Waals surface area contributed by atoms with Crippen LogP contribution < -0.4 is 20.7 Å². The smallest absolute Gasteiger partial charge is 0.251 e. The Hall–Kier alpha value is -3.02. The number of hydrogen-bond donors (Lipinski definition) is 3. The Kier molecular flexibility index (Phi) is 12.0. The molecular weight excluding hydrogens is 414 g/mol. The summed E-state index contributed by atoms with van der Waals surface area (Å²) < 4.78 is 5.94. The lowest BCUT2D eigenvalue weighted by molar-refractivity contribution is -0.119. The van der Waals surface area contributed by atoms with E-state index in [2.05, 4.69) is 43.0 Å². The van der Waals surface area contributed by atoms with Crippen LogP contribution in [0.25, 0.3) is 0 Å². The first-order valence-corrected chi connectivity index (χ1v) is 12.0. The maximum atomic E-state index is 12.9. The monoisotopic (exact) mass is 455 g/mol. The molecule has 33 heavy (non-hydrogen) atoms. The summed E-state index contributed by atoms with van der Waals surface area (Å²) >= 11 is 0. The van der Waals surface area contributed by atoms with Gasteiger partial charge in [-0.25, -0.2) is 0 Å². The van der Waals surface area contributed by atoms with Gasteiger partial charge in [0.15, 0.2) is 0 Å². The van der Waals surface area contributed by atoms with E-state index in [1.807, 2.05) is 39.0 Å². The molecule has 1 unspecified atom stereocenters. The third-order valence-electron chi connectivity index (χ3n) is 5.30. The van der Waals surface area contributed by atoms with Crippen molar-refractivity contribution in [3.8, 4) is 5.75 Å². The zero-order chi connectivity index (χ0) is 25.0. The number of hydrogen-bond acceptors (Lipinski definition) is 4. The highest BCUT2D eigenvalue weighted by Gasteiger charge is 2.34. The van der Waals surface area contributed by atoms with E-state index in [9.17, 15) is 9.59 Å². The van der Waals surface area contributed by atoms with Crippen molar-refractivity contribution in [3.63, 3.8) is 0 Å². The van der Waals surface area contributed by atoms with Crippen molar-refractivity contribution in [2.75, 3.05) is 6.54 Å². The first-order chi connectivity index (χ1) is 15.8. The van der Waals surface area contributed by atoms with Gasteiger partial charge < -0.3 is 20.7 Å². The van der Waals surface area contributed by atoms with Crippen molar-refractivity contribution in [1.82, 2.24) is 16.0 Å². The fourth-order valence-electron chi connectivity index (χ4n) is 3.89. The standard InChI is InChI=1S/C25H35N3O3.C2H6/c1-7-11-19(12-8-2)28-21-15-26-25(30)22(21)23(27-18(6)29)20-14-10-13-16(4)24(20)31-17(5)9-3;1-2/h9-10,13-14,19,23,28H,3,5,7-8,11-12,15H2,1-2,4,6H3,(H,26,30)(H,27,29);1-2H3. The molecule has 0 saturated carbocycles. The second kappa shape index (κ2) is 14.2. The fourth-order valence-corrected chi connectivity index (χ4v) is 3.89. The molecule has 0 fully saturated rings. The SMILES string of the molecule is C=CC(=C)Oc1c(C)cccc1C(NC(C)=O)C1=C(NC(CCC)CCC)CNC1=O.CC. The van der Waals surface area contributed by atoms with Gasteiger partial charge in [-0.2, -0.15) is 0 Å². The van der Waals surface area contributed by atoms with Crippen molar-refractivity contribution in [2.45, 2.75) is 79.3 Å². The van der Waals surface area contributed by atoms with Gasteiger partial charge in [-0.05, 0) is 31.4 Å². The molecule has 0 spiro atoms. The van der Waals surface area contributed by atoms with Crippen LogP contribution in [0, 0.1) is 6.92 Å². The minimum atomic E-state index is -0.654. The van der Waals surface area contributed by atoms with Crippen LogP contribution in [0.3, 0.4) is 0 Å². The number of aryl methyl sites for hydroxylation is 1. The minimum absolute atomic E-state index is 0.192. The van der Waals surface area contributed by atoms with Crippen molar-refractivity contribution in [3.05, 3.63) is 65.6 Å². The highest BCUT2D eigenvalue weighted by atomic mass is 16.5. The Morgan fingerprint density at radius 1 is 1.24 bits per heavy atom. The third kappa shape index (κ3) is 7.81. The fraction of sp³-hybridized carbons (Fsp3) is 0.481. The molecular formula is C27H41N3O3. The van der Waals surface area contributed by atoms with Crippen LogP contribution in [0.2, 0.25) is 0 Å². The number of benzene rings is 1. The van der Waals surface area contributed by atoms with Crippen LogP contribution in [0.15, 0.2) is 54.5 Å². The third-order valence-corrected chi connectivity index (χ3v) is 5.30. The lowest BCUT2D eigenvalue weighted by atomic mass is 9.94. The van der Waals surface area contributed by atoms with Crippen molar-refractivity contribution in [2.24, 2.45) is 0 Å². The Bertz CT molecular complexity index is 867. The van der Waals surface area contributed by atoms with E-state index >= 15 is 0 Å². The summed E-state index contributed by atoms with van der Waals surface area (Å²) in [7, 11) is 0. The summed E-state index contributed by atoms with van der Waals surface area (Å²) in [6.45, 7) is 19.6. The number of allylic oxidation sites excluding steroid dienone is 1. The lowest BCUT2D eigenvalue weighted by Crippen LogP contribution is -2.34. The van der Waals surface area contributed by atoms with E-state index in [-0.39, 0.29) is 17.9 Å². The van der Waals surface area contributed by atoms with Gasteiger partial charge >= 0.3 is 0 Å². The van der Waals surface area contributed by atoms with Gasteiger partial charge in [-0.15, -0.1) is 0 Å². The number of rotatable bonds is 12. The maximum Gasteiger partial charge on any atom is 0.251 e. The van der Waals surface area contributed by atoms with Crippen molar-refractivity contribution in [1.29, 1.82) is 0 Å². The number of nitrogens with one attached hydrogen (secondary N) is 3. The van der Waals surface area contributed by atoms with Gasteiger partial charge in [0.1, 0.15) is 11.5 Å². The van der Waals surface area contributed by atoms with E-state index in [0.29, 0.717) is 29.2 Å². The van der Waals surface area contributed by atoms with Gasteiger partial charge in [0, 0.05) is 24.2 Å². The van der Waals surface area contributed by atoms with Gasteiger partial charge in [-0.1, -0.05) is 71.9 Å². The second-order valence-electron chi connectivity index (χ2n) is 7.89. The first kappa shape index (κ1) is 28.0. The summed E-state index contributed by atoms with van der Waals surface area (Å²) in [5.41, 5.74) is 2.92. The molecule has 6 nitrogen and oxygen atoms in total. The van der Waals surface area contributed by atoms with Crippen LogP contribution in [0.1, 0.15) is 77.5 Å². The molecule has 0 saturated heterocycles. The summed E-state index contributed by atoms with van der Waals surface area (Å²) in [4.78, 5) is 25.1. The molecule has 182 valence electrons. The molecule has 1 aromatic carbocycles. The van der Waals surface area contributed by atoms with E-state index in [4.69, 9.17) is 4.74 Å². The normalized spacial score (nSPS) is 13.6. The van der Waals surface area contributed by atoms with E-state index in [1.165, 1.54) is 13.0 Å². The quantitative estimate of drug-likeness (QED) is 0.298. The van der Waals surface area contributed by atoms with Gasteiger partial charge in [0.25, 0.3) is 5.91 Å². The molecule has 1 aromatic rings. The molecule has 1 atom stereocenters. The lowest BCUT2D eigenvalue weighted by Gasteiger charge is -2.25. The van der Waals surface area contributed by atoms with Crippen LogP contribution in [-0.2, 0) is 9.59 Å². The summed E-state index contributed by atoms with van der Waals surface area (Å²) in [5.74, 6) is 0.538. The number of carbonyl (C=O) groups is 2. The zero-order valence-corrected chi connectivity index (χ0v) is 21.1. The summed E-state index contributed by atoms with van der Waals surface area (Å²) in [6.07, 6.45) is 5.66. The molecule has 0 radical (unpaired) electrons. The molecule has 1 aliphatic heterocycles. The predicted octanol–water partition coefficient (Wildman–Crippen LogP) is 5.22. The molecule has 0 aliphatic carbocycles. The Balaban J connectivity index is 0.00000265. The molecule has 0 bridgehead atoms. The first-order valence-electron chi connectivity index (χ1n) is 12.0. The average Bonchev–Trinajstić information content (AvgIpc) is 3.14. The number of ether oxygens (including phenoxy) is 1. The minimum Gasteiger partial charge on any atom is -0.457 e. The molecule has 0 aromatic heterocycles. The van der Waals surface area contributed by atoms with E-state index in [0.717, 1.165) is 36.9 Å². The molecule has 2 rings (SSSR count). The molecule has 2 amide bonds. The highest BCUT2D eigenvalue weighted by molar-refractivity contribution is 5.99. The van der Waals surface area contributed by atoms with Crippen LogP contribution in [0.4, 0.5) is 0 Å². The Morgan fingerprint density at radius 3 is 2.42 bits per heavy atom. The van der Waals surface area contributed by atoms with Crippen LogP contribution in [0.5, 0.6) is 5.75 Å². The van der Waals surface area contributed by atoms with Crippen molar-refractivity contribution >= 4 is 11.8 Å². The molecule has 6 heteroatoms. The summed E-state index contributed by atoms with van der Waals surface area (Å²) in [5, 5.41) is 9.46.